The summed E-state index contributed by atoms with van der Waals surface area (Å²) in [6.45, 7) is 4.05. The van der Waals surface area contributed by atoms with Crippen LogP contribution in [0.3, 0.4) is 0 Å². The van der Waals surface area contributed by atoms with Gasteiger partial charge < -0.3 is 4.90 Å². The van der Waals surface area contributed by atoms with E-state index in [9.17, 15) is 4.79 Å². The Labute approximate surface area is 96.5 Å². The maximum atomic E-state index is 12.0. The summed E-state index contributed by atoms with van der Waals surface area (Å²) in [4.78, 5) is 13.8. The fourth-order valence-electron chi connectivity index (χ4n) is 2.08. The third-order valence-electron chi connectivity index (χ3n) is 3.28. The zero-order chi connectivity index (χ0) is 11.8. The monoisotopic (exact) mass is 218 g/mol. The van der Waals surface area contributed by atoms with E-state index >= 15 is 0 Å². The zero-order valence-corrected chi connectivity index (χ0v) is 10.0. The van der Waals surface area contributed by atoms with Crippen molar-refractivity contribution in [3.8, 4) is 0 Å². The van der Waals surface area contributed by atoms with Crippen LogP contribution in [0.5, 0.6) is 0 Å². The lowest BCUT2D eigenvalue weighted by molar-refractivity contribution is -0.129. The van der Waals surface area contributed by atoms with Crippen molar-refractivity contribution in [1.29, 1.82) is 0 Å². The van der Waals surface area contributed by atoms with Crippen LogP contribution in [0.2, 0.25) is 0 Å². The first-order chi connectivity index (χ1) is 7.50. The Morgan fingerprint density at radius 3 is 2.44 bits per heavy atom. The Morgan fingerprint density at radius 2 is 1.94 bits per heavy atom. The van der Waals surface area contributed by atoms with Gasteiger partial charge in [0.15, 0.2) is 0 Å². The summed E-state index contributed by atoms with van der Waals surface area (Å²) in [5.74, 6) is 0.175. The fraction of sp³-hybridized carbons (Fsp3) is 0.462. The van der Waals surface area contributed by atoms with Crippen LogP contribution in [0.4, 0.5) is 0 Å². The van der Waals surface area contributed by atoms with E-state index in [0.29, 0.717) is 0 Å². The van der Waals surface area contributed by atoms with Gasteiger partial charge in [0.2, 0.25) is 5.91 Å². The minimum Gasteiger partial charge on any atom is -0.327 e. The zero-order valence-electron chi connectivity index (χ0n) is 10.0. The molecule has 1 aromatic rings. The van der Waals surface area contributed by atoms with Crippen molar-refractivity contribution in [2.24, 2.45) is 0 Å². The molecule has 1 amide bonds. The second-order valence-electron chi connectivity index (χ2n) is 4.84. The fourth-order valence-corrected chi connectivity index (χ4v) is 2.08. The van der Waals surface area contributed by atoms with E-state index in [1.165, 1.54) is 5.56 Å². The lowest BCUT2D eigenvalue weighted by Gasteiger charge is -2.27. The molecule has 1 atom stereocenters. The van der Waals surface area contributed by atoms with Gasteiger partial charge in [0.05, 0.1) is 11.7 Å². The van der Waals surface area contributed by atoms with E-state index in [-0.39, 0.29) is 17.6 Å². The summed E-state index contributed by atoms with van der Waals surface area (Å²) in [5, 5.41) is 3.35. The van der Waals surface area contributed by atoms with Crippen LogP contribution in [0, 0.1) is 0 Å². The largest absolute Gasteiger partial charge is 0.327 e. The Morgan fingerprint density at radius 1 is 1.31 bits per heavy atom. The number of nitrogens with zero attached hydrogens (tertiary/aromatic N) is 1. The second kappa shape index (κ2) is 3.91. The minimum absolute atomic E-state index is 0.0950. The maximum absolute atomic E-state index is 12.0. The van der Waals surface area contributed by atoms with E-state index in [1.54, 1.807) is 4.90 Å². The van der Waals surface area contributed by atoms with Crippen LogP contribution in [-0.4, -0.2) is 29.6 Å². The molecule has 0 bridgehead atoms. The van der Waals surface area contributed by atoms with Crippen LogP contribution >= 0.6 is 0 Å². The van der Waals surface area contributed by atoms with Crippen LogP contribution in [-0.2, 0) is 11.2 Å². The molecule has 1 aromatic carbocycles. The molecule has 86 valence electrons. The van der Waals surface area contributed by atoms with Gasteiger partial charge in [0, 0.05) is 7.05 Å². The third kappa shape index (κ3) is 1.95. The SMILES string of the molecule is CN1C(=O)C(Cc2ccccc2)NC1(C)C. The highest BCUT2D eigenvalue weighted by Crippen LogP contribution is 2.20. The topological polar surface area (TPSA) is 32.3 Å². The molecular weight excluding hydrogens is 200 g/mol. The molecule has 1 aliphatic rings. The highest BCUT2D eigenvalue weighted by molar-refractivity contribution is 5.85. The van der Waals surface area contributed by atoms with Crippen molar-refractivity contribution < 1.29 is 4.79 Å². The van der Waals surface area contributed by atoms with Crippen LogP contribution < -0.4 is 5.32 Å². The summed E-state index contributed by atoms with van der Waals surface area (Å²) in [7, 11) is 1.85. The molecule has 3 heteroatoms. The molecule has 1 N–H and O–H groups in total. The van der Waals surface area contributed by atoms with Gasteiger partial charge in [0.1, 0.15) is 0 Å². The Hall–Kier alpha value is -1.35. The molecule has 0 spiro atoms. The number of rotatable bonds is 2. The van der Waals surface area contributed by atoms with Gasteiger partial charge in [-0.3, -0.25) is 10.1 Å². The number of amides is 1. The third-order valence-corrected chi connectivity index (χ3v) is 3.28. The predicted molar refractivity (Wildman–Crippen MR) is 63.9 cm³/mol. The van der Waals surface area contributed by atoms with Crippen LogP contribution in [0.1, 0.15) is 19.4 Å². The van der Waals surface area contributed by atoms with E-state index in [4.69, 9.17) is 0 Å². The van der Waals surface area contributed by atoms with Crippen molar-refractivity contribution >= 4 is 5.91 Å². The number of hydrogen-bond donors (Lipinski definition) is 1. The normalized spacial score (nSPS) is 23.8. The molecule has 0 aliphatic carbocycles. The summed E-state index contributed by atoms with van der Waals surface area (Å²) in [6, 6.07) is 10.0. The van der Waals surface area contributed by atoms with E-state index in [2.05, 4.69) is 17.4 Å². The molecule has 2 rings (SSSR count). The maximum Gasteiger partial charge on any atom is 0.241 e. The van der Waals surface area contributed by atoms with Crippen LogP contribution in [0.25, 0.3) is 0 Å². The van der Waals surface area contributed by atoms with E-state index < -0.39 is 0 Å². The summed E-state index contributed by atoms with van der Waals surface area (Å²) < 4.78 is 0. The molecule has 1 unspecified atom stereocenters. The smallest absolute Gasteiger partial charge is 0.241 e. The number of hydrogen-bond acceptors (Lipinski definition) is 2. The van der Waals surface area contributed by atoms with Crippen molar-refractivity contribution in [1.82, 2.24) is 10.2 Å². The molecule has 0 aromatic heterocycles. The Kier molecular flexibility index (Phi) is 2.72. The molecule has 3 nitrogen and oxygen atoms in total. The molecule has 1 fully saturated rings. The Balaban J connectivity index is 2.11. The summed E-state index contributed by atoms with van der Waals surface area (Å²) >= 11 is 0. The van der Waals surface area contributed by atoms with Gasteiger partial charge in [-0.25, -0.2) is 0 Å². The summed E-state index contributed by atoms with van der Waals surface area (Å²) in [6.07, 6.45) is 0.757. The molecule has 0 radical (unpaired) electrons. The van der Waals surface area contributed by atoms with Crippen molar-refractivity contribution in [3.63, 3.8) is 0 Å². The lowest BCUT2D eigenvalue weighted by Crippen LogP contribution is -2.45. The molecule has 16 heavy (non-hydrogen) atoms. The number of carbonyl (C=O) groups excluding carboxylic acids is 1. The van der Waals surface area contributed by atoms with Gasteiger partial charge in [0.25, 0.3) is 0 Å². The highest BCUT2D eigenvalue weighted by atomic mass is 16.2. The lowest BCUT2D eigenvalue weighted by atomic mass is 10.1. The van der Waals surface area contributed by atoms with Gasteiger partial charge in [-0.05, 0) is 25.8 Å². The first kappa shape index (κ1) is 11.1. The number of carbonyl (C=O) groups is 1. The minimum atomic E-state index is -0.240. The molecule has 1 aliphatic heterocycles. The Bertz CT molecular complexity index is 386. The quantitative estimate of drug-likeness (QED) is 0.813. The van der Waals surface area contributed by atoms with Crippen molar-refractivity contribution in [3.05, 3.63) is 35.9 Å². The second-order valence-corrected chi connectivity index (χ2v) is 4.84. The molecular formula is C13H18N2O. The van der Waals surface area contributed by atoms with Gasteiger partial charge in [-0.1, -0.05) is 30.3 Å². The average Bonchev–Trinajstić information content (AvgIpc) is 2.44. The molecule has 1 heterocycles. The van der Waals surface area contributed by atoms with Gasteiger partial charge in [-0.15, -0.1) is 0 Å². The number of nitrogens with one attached hydrogen (secondary N) is 1. The number of likely N-dealkylation sites (N-methyl/N-ethyl adjacent to an activating group) is 1. The highest BCUT2D eigenvalue weighted by Gasteiger charge is 2.41. The number of benzene rings is 1. The average molecular weight is 218 g/mol. The van der Waals surface area contributed by atoms with E-state index in [1.807, 2.05) is 39.1 Å². The standard InChI is InChI=1S/C13H18N2O/c1-13(2)14-11(12(16)15(13)3)9-10-7-5-4-6-8-10/h4-8,11,14H,9H2,1-3H3. The first-order valence-corrected chi connectivity index (χ1v) is 5.60. The first-order valence-electron chi connectivity index (χ1n) is 5.60. The summed E-state index contributed by atoms with van der Waals surface area (Å²) in [5.41, 5.74) is 0.954. The molecule has 1 saturated heterocycles. The van der Waals surface area contributed by atoms with Crippen molar-refractivity contribution in [2.75, 3.05) is 7.05 Å². The van der Waals surface area contributed by atoms with Crippen molar-refractivity contribution in [2.45, 2.75) is 32.0 Å². The van der Waals surface area contributed by atoms with Gasteiger partial charge in [-0.2, -0.15) is 0 Å². The van der Waals surface area contributed by atoms with Gasteiger partial charge >= 0.3 is 0 Å². The molecule has 0 saturated carbocycles. The predicted octanol–water partition coefficient (Wildman–Crippen LogP) is 1.40. The van der Waals surface area contributed by atoms with E-state index in [0.717, 1.165) is 6.42 Å². The van der Waals surface area contributed by atoms with Crippen LogP contribution in [0.15, 0.2) is 30.3 Å².